The van der Waals surface area contributed by atoms with Crippen molar-refractivity contribution in [1.29, 1.82) is 0 Å². The lowest BCUT2D eigenvalue weighted by molar-refractivity contribution is 0.103. The molecule has 39 heavy (non-hydrogen) atoms. The number of ketones is 1. The van der Waals surface area contributed by atoms with Gasteiger partial charge in [-0.1, -0.05) is 115 Å². The minimum absolute atomic E-state index is 0.0122. The van der Waals surface area contributed by atoms with Crippen molar-refractivity contribution in [2.45, 2.75) is 19.6 Å². The molecular formula is C35H29N3O. The van der Waals surface area contributed by atoms with Gasteiger partial charge in [0, 0.05) is 41.2 Å². The van der Waals surface area contributed by atoms with E-state index in [9.17, 15) is 4.79 Å². The zero-order valence-corrected chi connectivity index (χ0v) is 21.6. The molecule has 0 aromatic heterocycles. The minimum atomic E-state index is 0.0122. The molecule has 5 aromatic rings. The first-order chi connectivity index (χ1) is 19.3. The summed E-state index contributed by atoms with van der Waals surface area (Å²) in [6, 6.07) is 42.6. The highest BCUT2D eigenvalue weighted by atomic mass is 16.1. The molecule has 4 heteroatoms. The molecule has 190 valence electrons. The first-order valence-electron chi connectivity index (χ1n) is 13.2. The van der Waals surface area contributed by atoms with Crippen LogP contribution in [0.25, 0.3) is 0 Å². The number of nitrogens with one attached hydrogen (secondary N) is 2. The maximum absolute atomic E-state index is 14.1. The third-order valence-electron chi connectivity index (χ3n) is 7.01. The smallest absolute Gasteiger partial charge is 0.196 e. The van der Waals surface area contributed by atoms with Crippen LogP contribution in [0.3, 0.4) is 0 Å². The summed E-state index contributed by atoms with van der Waals surface area (Å²) in [6.07, 6.45) is 0. The molecular weight excluding hydrogens is 478 g/mol. The molecule has 4 nitrogen and oxygen atoms in total. The largest absolute Gasteiger partial charge is 0.380 e. The quantitative estimate of drug-likeness (QED) is 0.224. The Hall–Kier alpha value is -4.96. The number of fused-ring (bicyclic) bond motifs is 2. The molecule has 0 unspecified atom stereocenters. The van der Waals surface area contributed by atoms with Gasteiger partial charge in [-0.3, -0.25) is 9.79 Å². The van der Waals surface area contributed by atoms with Crippen LogP contribution in [-0.2, 0) is 19.6 Å². The SMILES string of the molecule is O=C1c2cccc(NCc3ccccc3)c2C(=NCc2ccccc2)c2cccc(NCc3ccccc3)c21. The highest BCUT2D eigenvalue weighted by Crippen LogP contribution is 2.36. The second kappa shape index (κ2) is 11.2. The van der Waals surface area contributed by atoms with Gasteiger partial charge in [-0.25, -0.2) is 0 Å². The molecule has 0 bridgehead atoms. The second-order valence-electron chi connectivity index (χ2n) is 9.61. The first-order valence-corrected chi connectivity index (χ1v) is 13.2. The molecule has 0 aliphatic heterocycles. The Bertz CT molecular complexity index is 1630. The molecule has 1 aliphatic carbocycles. The Balaban J connectivity index is 1.42. The lowest BCUT2D eigenvalue weighted by Crippen LogP contribution is -2.25. The minimum Gasteiger partial charge on any atom is -0.380 e. The van der Waals surface area contributed by atoms with Gasteiger partial charge in [-0.2, -0.15) is 0 Å². The monoisotopic (exact) mass is 507 g/mol. The fourth-order valence-electron chi connectivity index (χ4n) is 5.06. The number of nitrogens with zero attached hydrogens (tertiary/aromatic N) is 1. The lowest BCUT2D eigenvalue weighted by atomic mass is 9.81. The standard InChI is InChI=1S/C35H29N3O/c39-35-29-19-11-20-30(36-22-25-12-4-1-5-13-25)32(29)34(38-24-27-16-8-3-9-17-27)28-18-10-21-31(33(28)35)37-23-26-14-6-2-7-15-26/h1-21,36-37H,22-24H2. The third kappa shape index (κ3) is 5.23. The van der Waals surface area contributed by atoms with E-state index in [4.69, 9.17) is 4.99 Å². The molecule has 0 atom stereocenters. The normalized spacial score (nSPS) is 13.0. The Morgan fingerprint density at radius 3 is 1.54 bits per heavy atom. The van der Waals surface area contributed by atoms with E-state index in [-0.39, 0.29) is 5.78 Å². The van der Waals surface area contributed by atoms with E-state index in [1.807, 2.05) is 91.0 Å². The Morgan fingerprint density at radius 2 is 0.974 bits per heavy atom. The van der Waals surface area contributed by atoms with Crippen LogP contribution < -0.4 is 10.6 Å². The van der Waals surface area contributed by atoms with E-state index >= 15 is 0 Å². The number of hydrogen-bond donors (Lipinski definition) is 2. The van der Waals surface area contributed by atoms with Crippen molar-refractivity contribution < 1.29 is 4.79 Å². The molecule has 0 spiro atoms. The Kier molecular flexibility index (Phi) is 7.00. The molecule has 0 fully saturated rings. The van der Waals surface area contributed by atoms with E-state index in [1.54, 1.807) is 0 Å². The number of anilines is 2. The van der Waals surface area contributed by atoms with Crippen molar-refractivity contribution in [1.82, 2.24) is 0 Å². The van der Waals surface area contributed by atoms with E-state index < -0.39 is 0 Å². The average Bonchev–Trinajstić information content (AvgIpc) is 3.00. The van der Waals surface area contributed by atoms with Crippen LogP contribution in [-0.4, -0.2) is 11.5 Å². The second-order valence-corrected chi connectivity index (χ2v) is 9.61. The molecule has 0 amide bonds. The van der Waals surface area contributed by atoms with Gasteiger partial charge in [0.25, 0.3) is 0 Å². The molecule has 1 aliphatic rings. The maximum Gasteiger partial charge on any atom is 0.196 e. The molecule has 2 N–H and O–H groups in total. The molecule has 0 saturated heterocycles. The first kappa shape index (κ1) is 24.4. The summed E-state index contributed by atoms with van der Waals surface area (Å²) in [5.41, 5.74) is 9.08. The van der Waals surface area contributed by atoms with Crippen molar-refractivity contribution in [2.24, 2.45) is 4.99 Å². The topological polar surface area (TPSA) is 53.5 Å². The van der Waals surface area contributed by atoms with E-state index in [0.29, 0.717) is 30.8 Å². The highest BCUT2D eigenvalue weighted by Gasteiger charge is 2.32. The van der Waals surface area contributed by atoms with Gasteiger partial charge in [0.2, 0.25) is 0 Å². The Labute approximate surface area is 229 Å². The predicted octanol–water partition coefficient (Wildman–Crippen LogP) is 7.49. The van der Waals surface area contributed by atoms with Gasteiger partial charge < -0.3 is 10.6 Å². The van der Waals surface area contributed by atoms with E-state index in [1.165, 1.54) is 5.56 Å². The molecule has 0 saturated carbocycles. The van der Waals surface area contributed by atoms with Crippen LogP contribution in [0.1, 0.15) is 43.7 Å². The maximum atomic E-state index is 14.1. The fourth-order valence-corrected chi connectivity index (χ4v) is 5.06. The summed E-state index contributed by atoms with van der Waals surface area (Å²) in [6.45, 7) is 1.81. The summed E-state index contributed by atoms with van der Waals surface area (Å²) in [7, 11) is 0. The van der Waals surface area contributed by atoms with Gasteiger partial charge in [-0.15, -0.1) is 0 Å². The van der Waals surface area contributed by atoms with Crippen LogP contribution in [0.4, 0.5) is 11.4 Å². The highest BCUT2D eigenvalue weighted by molar-refractivity contribution is 6.33. The van der Waals surface area contributed by atoms with Crippen LogP contribution >= 0.6 is 0 Å². The van der Waals surface area contributed by atoms with Crippen LogP contribution in [0.2, 0.25) is 0 Å². The number of hydrogen-bond acceptors (Lipinski definition) is 4. The molecule has 6 rings (SSSR count). The van der Waals surface area contributed by atoms with E-state index in [0.717, 1.165) is 39.3 Å². The average molecular weight is 508 g/mol. The van der Waals surface area contributed by atoms with Gasteiger partial charge in [0.15, 0.2) is 5.78 Å². The molecule has 0 heterocycles. The van der Waals surface area contributed by atoms with Crippen molar-refractivity contribution in [3.8, 4) is 0 Å². The summed E-state index contributed by atoms with van der Waals surface area (Å²) in [5.74, 6) is 0.0122. The Morgan fingerprint density at radius 1 is 0.487 bits per heavy atom. The number of aliphatic imine (C=N–C) groups is 1. The third-order valence-corrected chi connectivity index (χ3v) is 7.01. The number of benzene rings is 5. The van der Waals surface area contributed by atoms with Gasteiger partial charge in [0.05, 0.1) is 17.8 Å². The van der Waals surface area contributed by atoms with Gasteiger partial charge >= 0.3 is 0 Å². The van der Waals surface area contributed by atoms with Crippen molar-refractivity contribution in [3.05, 3.63) is 166 Å². The summed E-state index contributed by atoms with van der Waals surface area (Å²) in [4.78, 5) is 19.2. The number of carbonyl (C=O) groups is 1. The fraction of sp³-hybridized carbons (Fsp3) is 0.0857. The van der Waals surface area contributed by atoms with Crippen LogP contribution in [0.15, 0.2) is 132 Å². The van der Waals surface area contributed by atoms with Crippen molar-refractivity contribution in [2.75, 3.05) is 10.6 Å². The van der Waals surface area contributed by atoms with Crippen LogP contribution in [0, 0.1) is 0 Å². The van der Waals surface area contributed by atoms with Gasteiger partial charge in [-0.05, 0) is 28.8 Å². The summed E-state index contributed by atoms with van der Waals surface area (Å²) in [5, 5.41) is 7.10. The van der Waals surface area contributed by atoms with Crippen LogP contribution in [0.5, 0.6) is 0 Å². The number of carbonyl (C=O) groups excluding carboxylic acids is 1. The van der Waals surface area contributed by atoms with E-state index in [2.05, 4.69) is 47.0 Å². The predicted molar refractivity (Wildman–Crippen MR) is 160 cm³/mol. The molecule has 0 radical (unpaired) electrons. The summed E-state index contributed by atoms with van der Waals surface area (Å²) < 4.78 is 0. The van der Waals surface area contributed by atoms with Crippen molar-refractivity contribution in [3.63, 3.8) is 0 Å². The lowest BCUT2D eigenvalue weighted by Gasteiger charge is -2.26. The zero-order valence-electron chi connectivity index (χ0n) is 21.6. The van der Waals surface area contributed by atoms with Crippen molar-refractivity contribution >= 4 is 22.9 Å². The number of rotatable bonds is 8. The molecule has 5 aromatic carbocycles. The zero-order chi connectivity index (χ0) is 26.4. The van der Waals surface area contributed by atoms with Gasteiger partial charge in [0.1, 0.15) is 0 Å². The summed E-state index contributed by atoms with van der Waals surface area (Å²) >= 11 is 0.